The molecule has 0 aliphatic heterocycles. The van der Waals surface area contributed by atoms with Gasteiger partial charge in [0.05, 0.1) is 5.02 Å². The summed E-state index contributed by atoms with van der Waals surface area (Å²) in [5, 5.41) is 13.7. The van der Waals surface area contributed by atoms with Crippen LogP contribution in [0.25, 0.3) is 0 Å². The minimum atomic E-state index is -0.512. The molecule has 0 heterocycles. The molecule has 1 amide bonds. The van der Waals surface area contributed by atoms with Crippen LogP contribution in [-0.2, 0) is 4.79 Å². The minimum absolute atomic E-state index is 0.512. The average molecular weight is 278 g/mol. The van der Waals surface area contributed by atoms with Gasteiger partial charge in [0.15, 0.2) is 0 Å². The molecule has 0 saturated carbocycles. The molecule has 0 unspecified atom stereocenters. The van der Waals surface area contributed by atoms with Crippen LogP contribution in [0.1, 0.15) is 0 Å². The molecule has 2 N–H and O–H groups in total. The Balaban J connectivity index is 2.78. The zero-order valence-electron chi connectivity index (χ0n) is 6.87. The number of amides is 1. The summed E-state index contributed by atoms with van der Waals surface area (Å²) >= 11 is 8.96. The number of rotatable bonds is 2. The van der Waals surface area contributed by atoms with E-state index in [4.69, 9.17) is 16.8 Å². The fourth-order valence-corrected chi connectivity index (χ4v) is 1.30. The van der Waals surface area contributed by atoms with Gasteiger partial charge in [-0.25, -0.2) is 0 Å². The van der Waals surface area contributed by atoms with Crippen LogP contribution in [0.5, 0.6) is 0 Å². The Morgan fingerprint density at radius 3 is 2.93 bits per heavy atom. The molecular formula is C8H6BrClN2O2. The van der Waals surface area contributed by atoms with Crippen molar-refractivity contribution in [3.8, 4) is 0 Å². The monoisotopic (exact) mass is 276 g/mol. The first-order valence-electron chi connectivity index (χ1n) is 3.57. The highest BCUT2D eigenvalue weighted by Crippen LogP contribution is 2.25. The Morgan fingerprint density at radius 1 is 1.64 bits per heavy atom. The molecule has 0 saturated heterocycles. The molecule has 0 aliphatic carbocycles. The van der Waals surface area contributed by atoms with Crippen LogP contribution < -0.4 is 5.32 Å². The van der Waals surface area contributed by atoms with E-state index in [1.807, 2.05) is 0 Å². The third kappa shape index (κ3) is 3.01. The SMILES string of the molecule is O=C(/C=N/O)Nc1ccc(Cl)c(Br)c1. The average Bonchev–Trinajstić information content (AvgIpc) is 2.12. The van der Waals surface area contributed by atoms with Crippen LogP contribution in [0.3, 0.4) is 0 Å². The van der Waals surface area contributed by atoms with Gasteiger partial charge in [-0.15, -0.1) is 0 Å². The lowest BCUT2D eigenvalue weighted by molar-refractivity contribution is -0.110. The number of carbonyl (C=O) groups is 1. The number of hydrogen-bond acceptors (Lipinski definition) is 3. The van der Waals surface area contributed by atoms with Gasteiger partial charge in [0.2, 0.25) is 0 Å². The molecular weight excluding hydrogens is 271 g/mol. The minimum Gasteiger partial charge on any atom is -0.411 e. The van der Waals surface area contributed by atoms with E-state index in [0.717, 1.165) is 6.21 Å². The van der Waals surface area contributed by atoms with Gasteiger partial charge in [0.25, 0.3) is 5.91 Å². The first-order chi connectivity index (χ1) is 6.63. The van der Waals surface area contributed by atoms with Crippen LogP contribution in [0, 0.1) is 0 Å². The normalized spacial score (nSPS) is 10.4. The number of halogens is 2. The zero-order chi connectivity index (χ0) is 10.6. The standard InChI is InChI=1S/C8H6BrClN2O2/c9-6-3-5(1-2-7(6)10)12-8(13)4-11-14/h1-4,14H,(H,12,13)/b11-4+. The van der Waals surface area contributed by atoms with E-state index in [0.29, 0.717) is 15.2 Å². The van der Waals surface area contributed by atoms with Crippen LogP contribution in [-0.4, -0.2) is 17.3 Å². The van der Waals surface area contributed by atoms with Crippen LogP contribution in [0.15, 0.2) is 27.8 Å². The smallest absolute Gasteiger partial charge is 0.270 e. The Bertz CT molecular complexity index is 382. The summed E-state index contributed by atoms with van der Waals surface area (Å²) in [6, 6.07) is 4.92. The molecule has 0 spiro atoms. The number of nitrogens with zero attached hydrogens (tertiary/aromatic N) is 1. The lowest BCUT2D eigenvalue weighted by Crippen LogP contribution is -2.12. The summed E-state index contributed by atoms with van der Waals surface area (Å²) < 4.78 is 0.679. The van der Waals surface area contributed by atoms with Gasteiger partial charge < -0.3 is 10.5 Å². The van der Waals surface area contributed by atoms with E-state index < -0.39 is 5.91 Å². The number of carbonyl (C=O) groups excluding carboxylic acids is 1. The highest BCUT2D eigenvalue weighted by Gasteiger charge is 2.01. The Kier molecular flexibility index (Phi) is 3.91. The predicted molar refractivity (Wildman–Crippen MR) is 58.1 cm³/mol. The van der Waals surface area contributed by atoms with E-state index in [1.54, 1.807) is 18.2 Å². The van der Waals surface area contributed by atoms with E-state index in [1.165, 1.54) is 0 Å². The van der Waals surface area contributed by atoms with Gasteiger partial charge in [-0.1, -0.05) is 16.8 Å². The highest BCUT2D eigenvalue weighted by molar-refractivity contribution is 9.10. The molecule has 1 aromatic carbocycles. The number of oxime groups is 1. The molecule has 74 valence electrons. The molecule has 4 nitrogen and oxygen atoms in total. The number of hydrogen-bond donors (Lipinski definition) is 2. The maximum absolute atomic E-state index is 10.9. The summed E-state index contributed by atoms with van der Waals surface area (Å²) in [5.74, 6) is -0.512. The molecule has 1 aromatic rings. The zero-order valence-corrected chi connectivity index (χ0v) is 9.21. The molecule has 0 bridgehead atoms. The summed E-state index contributed by atoms with van der Waals surface area (Å²) in [5.41, 5.74) is 0.561. The molecule has 0 aliphatic rings. The maximum atomic E-state index is 10.9. The van der Waals surface area contributed by atoms with Crippen molar-refractivity contribution in [2.75, 3.05) is 5.32 Å². The second-order valence-corrected chi connectivity index (χ2v) is 3.62. The van der Waals surface area contributed by atoms with Gasteiger partial charge in [-0.2, -0.15) is 0 Å². The van der Waals surface area contributed by atoms with Crippen LogP contribution in [0.4, 0.5) is 5.69 Å². The van der Waals surface area contributed by atoms with E-state index in [-0.39, 0.29) is 0 Å². The van der Waals surface area contributed by atoms with Crippen molar-refractivity contribution in [2.45, 2.75) is 0 Å². The predicted octanol–water partition coefficient (Wildman–Crippen LogP) is 2.50. The second-order valence-electron chi connectivity index (χ2n) is 2.36. The molecule has 14 heavy (non-hydrogen) atoms. The fourth-order valence-electron chi connectivity index (χ4n) is 0.801. The highest BCUT2D eigenvalue weighted by atomic mass is 79.9. The number of nitrogens with one attached hydrogen (secondary N) is 1. The van der Waals surface area contributed by atoms with Crippen molar-refractivity contribution < 1.29 is 10.0 Å². The van der Waals surface area contributed by atoms with E-state index in [9.17, 15) is 4.79 Å². The molecule has 0 atom stereocenters. The third-order valence-corrected chi connectivity index (χ3v) is 2.58. The Labute approximate surface area is 93.7 Å². The largest absolute Gasteiger partial charge is 0.411 e. The molecule has 1 rings (SSSR count). The van der Waals surface area contributed by atoms with Crippen molar-refractivity contribution >= 4 is 45.3 Å². The van der Waals surface area contributed by atoms with E-state index in [2.05, 4.69) is 26.4 Å². The lowest BCUT2D eigenvalue weighted by atomic mass is 10.3. The molecule has 0 aromatic heterocycles. The first-order valence-corrected chi connectivity index (χ1v) is 4.74. The van der Waals surface area contributed by atoms with Gasteiger partial charge in [0, 0.05) is 10.2 Å². The number of anilines is 1. The van der Waals surface area contributed by atoms with Crippen LogP contribution >= 0.6 is 27.5 Å². The molecule has 6 heteroatoms. The summed E-state index contributed by atoms with van der Waals surface area (Å²) in [6.45, 7) is 0. The van der Waals surface area contributed by atoms with Crippen molar-refractivity contribution in [3.05, 3.63) is 27.7 Å². The van der Waals surface area contributed by atoms with Crippen LogP contribution in [0.2, 0.25) is 5.02 Å². The van der Waals surface area contributed by atoms with Gasteiger partial charge >= 0.3 is 0 Å². The quantitative estimate of drug-likeness (QED) is 0.496. The van der Waals surface area contributed by atoms with Crippen molar-refractivity contribution in [2.24, 2.45) is 5.16 Å². The van der Waals surface area contributed by atoms with Gasteiger partial charge in [-0.3, -0.25) is 4.79 Å². The van der Waals surface area contributed by atoms with Gasteiger partial charge in [-0.05, 0) is 34.1 Å². The maximum Gasteiger partial charge on any atom is 0.270 e. The Morgan fingerprint density at radius 2 is 2.36 bits per heavy atom. The molecule has 0 radical (unpaired) electrons. The second kappa shape index (κ2) is 4.97. The lowest BCUT2D eigenvalue weighted by Gasteiger charge is -2.02. The van der Waals surface area contributed by atoms with Crippen molar-refractivity contribution in [1.82, 2.24) is 0 Å². The Hall–Kier alpha value is -1.07. The first kappa shape index (κ1) is 11.0. The van der Waals surface area contributed by atoms with Crippen molar-refractivity contribution in [1.29, 1.82) is 0 Å². The van der Waals surface area contributed by atoms with E-state index >= 15 is 0 Å². The van der Waals surface area contributed by atoms with Gasteiger partial charge in [0.1, 0.15) is 6.21 Å². The summed E-state index contributed by atoms with van der Waals surface area (Å²) in [4.78, 5) is 10.9. The third-order valence-electron chi connectivity index (χ3n) is 1.36. The summed E-state index contributed by atoms with van der Waals surface area (Å²) in [6.07, 6.45) is 0.766. The topological polar surface area (TPSA) is 61.7 Å². The van der Waals surface area contributed by atoms with Crippen molar-refractivity contribution in [3.63, 3.8) is 0 Å². The fraction of sp³-hybridized carbons (Fsp3) is 0. The molecule has 0 fully saturated rings. The number of benzene rings is 1. The summed E-state index contributed by atoms with van der Waals surface area (Å²) in [7, 11) is 0.